The van der Waals surface area contributed by atoms with Crippen LogP contribution in [0.5, 0.6) is 0 Å². The zero-order valence-electron chi connectivity index (χ0n) is 38.8. The second-order valence-electron chi connectivity index (χ2n) is 22.8. The zero-order valence-corrected chi connectivity index (χ0v) is 39.6. The molecule has 0 radical (unpaired) electrons. The van der Waals surface area contributed by atoms with Crippen molar-refractivity contribution in [3.8, 4) is 0 Å². The van der Waals surface area contributed by atoms with Gasteiger partial charge in [-0.3, -0.25) is 0 Å². The molecule has 5 aromatic carbocycles. The van der Waals surface area contributed by atoms with Gasteiger partial charge in [0.05, 0.1) is 11.4 Å². The van der Waals surface area contributed by atoms with Gasteiger partial charge in [0.15, 0.2) is 0 Å². The standard InChI is InChI=1S/C55H65BN2S/c1-32-25-44-47-45(26-32)58(48-33(2)27-37(28-34(48)3)53(10,11)12)43-22-19-36(52(7,8)9)29-42(43)56(47)50-49(57(44)38-20-17-35(18-21-38)51(4,5)6)39-30-40-41(31-46(39)59-50)55(15,16)24-23-54(40,13)14/h17-22,25-31H,23-24H2,1-16H3. The van der Waals surface area contributed by atoms with E-state index in [1.807, 2.05) is 11.3 Å². The van der Waals surface area contributed by atoms with E-state index in [-0.39, 0.29) is 33.8 Å². The quantitative estimate of drug-likeness (QED) is 0.161. The van der Waals surface area contributed by atoms with E-state index in [1.54, 1.807) is 0 Å². The molecular weight excluding hydrogens is 731 g/mol. The number of anilines is 6. The minimum absolute atomic E-state index is 0.00511. The number of hydrogen-bond donors (Lipinski definition) is 0. The van der Waals surface area contributed by atoms with Gasteiger partial charge in [-0.1, -0.05) is 126 Å². The fourth-order valence-electron chi connectivity index (χ4n) is 10.5. The second-order valence-corrected chi connectivity index (χ2v) is 23.9. The molecule has 3 aliphatic rings. The van der Waals surface area contributed by atoms with Crippen LogP contribution in [0.2, 0.25) is 0 Å². The Bertz CT molecular complexity index is 2680. The van der Waals surface area contributed by atoms with Crippen molar-refractivity contribution < 1.29 is 0 Å². The second kappa shape index (κ2) is 12.9. The lowest BCUT2D eigenvalue weighted by molar-refractivity contribution is 0.332. The van der Waals surface area contributed by atoms with Crippen molar-refractivity contribution in [3.63, 3.8) is 0 Å². The Balaban J connectivity index is 1.42. The van der Waals surface area contributed by atoms with Crippen LogP contribution in [0.3, 0.4) is 0 Å². The van der Waals surface area contributed by atoms with Crippen LogP contribution in [0.15, 0.2) is 78.9 Å². The lowest BCUT2D eigenvalue weighted by Gasteiger charge is -2.44. The summed E-state index contributed by atoms with van der Waals surface area (Å²) in [5, 5.41) is 1.39. The first-order valence-electron chi connectivity index (χ1n) is 22.1. The number of aryl methyl sites for hydroxylation is 3. The number of thiophene rings is 1. The molecule has 0 amide bonds. The molecule has 3 heterocycles. The van der Waals surface area contributed by atoms with Crippen molar-refractivity contribution in [2.24, 2.45) is 0 Å². The van der Waals surface area contributed by atoms with E-state index in [0.717, 1.165) is 0 Å². The van der Waals surface area contributed by atoms with Crippen LogP contribution < -0.4 is 25.5 Å². The van der Waals surface area contributed by atoms with E-state index in [4.69, 9.17) is 0 Å². The molecule has 304 valence electrons. The average Bonchev–Trinajstić information content (AvgIpc) is 3.50. The summed E-state index contributed by atoms with van der Waals surface area (Å²) in [5.41, 5.74) is 22.1. The third-order valence-corrected chi connectivity index (χ3v) is 15.4. The monoisotopic (exact) mass is 796 g/mol. The molecule has 59 heavy (non-hydrogen) atoms. The highest BCUT2D eigenvalue weighted by molar-refractivity contribution is 7.33. The summed E-state index contributed by atoms with van der Waals surface area (Å²) < 4.78 is 2.86. The van der Waals surface area contributed by atoms with Gasteiger partial charge < -0.3 is 9.80 Å². The van der Waals surface area contributed by atoms with Gasteiger partial charge in [0.2, 0.25) is 0 Å². The molecule has 9 rings (SSSR count). The van der Waals surface area contributed by atoms with E-state index in [1.165, 1.54) is 117 Å². The molecule has 6 aromatic rings. The summed E-state index contributed by atoms with van der Waals surface area (Å²) in [4.78, 5) is 5.31. The van der Waals surface area contributed by atoms with Crippen LogP contribution in [0.25, 0.3) is 10.1 Å². The van der Waals surface area contributed by atoms with E-state index in [0.29, 0.717) is 0 Å². The first kappa shape index (κ1) is 40.1. The van der Waals surface area contributed by atoms with Crippen molar-refractivity contribution in [1.29, 1.82) is 0 Å². The molecule has 0 spiro atoms. The molecule has 0 N–H and O–H groups in total. The van der Waals surface area contributed by atoms with Gasteiger partial charge in [-0.2, -0.15) is 0 Å². The third kappa shape index (κ3) is 6.24. The Morgan fingerprint density at radius 2 is 1.07 bits per heavy atom. The van der Waals surface area contributed by atoms with Gasteiger partial charge in [-0.15, -0.1) is 11.3 Å². The Morgan fingerprint density at radius 3 is 1.63 bits per heavy atom. The molecule has 0 saturated carbocycles. The number of hydrogen-bond acceptors (Lipinski definition) is 3. The van der Waals surface area contributed by atoms with Crippen LogP contribution in [0.4, 0.5) is 34.1 Å². The van der Waals surface area contributed by atoms with Gasteiger partial charge in [0.1, 0.15) is 0 Å². The molecule has 0 atom stereocenters. The summed E-state index contributed by atoms with van der Waals surface area (Å²) in [6.45, 7) is 37.9. The molecular formula is C55H65BN2S. The number of rotatable bonds is 2. The Labute approximate surface area is 360 Å². The van der Waals surface area contributed by atoms with Gasteiger partial charge >= 0.3 is 0 Å². The molecule has 2 aliphatic heterocycles. The Hall–Kier alpha value is -4.28. The van der Waals surface area contributed by atoms with Gasteiger partial charge in [-0.25, -0.2) is 0 Å². The van der Waals surface area contributed by atoms with Crippen LogP contribution in [-0.4, -0.2) is 6.71 Å². The number of fused-ring (bicyclic) bond motifs is 7. The summed E-state index contributed by atoms with van der Waals surface area (Å²) in [7, 11) is 0. The minimum atomic E-state index is 0.00511. The predicted molar refractivity (Wildman–Crippen MR) is 261 cm³/mol. The molecule has 0 bridgehead atoms. The van der Waals surface area contributed by atoms with Crippen LogP contribution in [0.1, 0.15) is 147 Å². The maximum atomic E-state index is 2.66. The van der Waals surface area contributed by atoms with Gasteiger partial charge in [0, 0.05) is 37.6 Å². The van der Waals surface area contributed by atoms with Crippen molar-refractivity contribution in [3.05, 3.63) is 123 Å². The average molecular weight is 797 g/mol. The molecule has 2 nitrogen and oxygen atoms in total. The largest absolute Gasteiger partial charge is 0.311 e. The maximum Gasteiger partial charge on any atom is 0.264 e. The Morgan fingerprint density at radius 1 is 0.542 bits per heavy atom. The van der Waals surface area contributed by atoms with Crippen LogP contribution in [-0.2, 0) is 27.1 Å². The van der Waals surface area contributed by atoms with E-state index in [2.05, 4.69) is 199 Å². The maximum absolute atomic E-state index is 2.66. The molecule has 0 fully saturated rings. The highest BCUT2D eigenvalue weighted by Crippen LogP contribution is 2.53. The predicted octanol–water partition coefficient (Wildman–Crippen LogP) is 14.2. The third-order valence-electron chi connectivity index (χ3n) is 14.2. The smallest absolute Gasteiger partial charge is 0.264 e. The van der Waals surface area contributed by atoms with E-state index >= 15 is 0 Å². The van der Waals surface area contributed by atoms with Crippen molar-refractivity contribution >= 4 is 78.0 Å². The molecule has 0 unspecified atom stereocenters. The SMILES string of the molecule is Cc1cc2c3c(c1)N(c1ccc(C(C)(C)C)cc1)c1c(sc4cc5c(cc14)C(C)(C)CCC5(C)C)B3c1cc(C(C)(C)C)ccc1N2c1c(C)cc(C(C)(C)C)cc1C. The van der Waals surface area contributed by atoms with Crippen LogP contribution >= 0.6 is 11.3 Å². The summed E-state index contributed by atoms with van der Waals surface area (Å²) in [6, 6.07) is 32.0. The topological polar surface area (TPSA) is 6.48 Å². The van der Waals surface area contributed by atoms with Crippen molar-refractivity contribution in [1.82, 2.24) is 0 Å². The molecule has 1 aliphatic carbocycles. The highest BCUT2D eigenvalue weighted by atomic mass is 32.1. The fraction of sp³-hybridized carbons (Fsp3) is 0.418. The number of nitrogens with zero attached hydrogens (tertiary/aromatic N) is 2. The first-order chi connectivity index (χ1) is 27.4. The minimum Gasteiger partial charge on any atom is -0.311 e. The first-order valence-corrected chi connectivity index (χ1v) is 22.9. The lowest BCUT2D eigenvalue weighted by atomic mass is 9.36. The van der Waals surface area contributed by atoms with Gasteiger partial charge in [-0.05, 0) is 159 Å². The normalized spacial score (nSPS) is 16.8. The van der Waals surface area contributed by atoms with Crippen molar-refractivity contribution in [2.45, 2.75) is 151 Å². The highest BCUT2D eigenvalue weighted by Gasteiger charge is 2.47. The van der Waals surface area contributed by atoms with Crippen LogP contribution in [0, 0.1) is 20.8 Å². The summed E-state index contributed by atoms with van der Waals surface area (Å²) in [6.07, 6.45) is 2.41. The van der Waals surface area contributed by atoms with E-state index < -0.39 is 0 Å². The number of benzene rings is 5. The van der Waals surface area contributed by atoms with Gasteiger partial charge in [0.25, 0.3) is 6.71 Å². The summed E-state index contributed by atoms with van der Waals surface area (Å²) >= 11 is 2.05. The Kier molecular flexibility index (Phi) is 8.76. The molecule has 4 heteroatoms. The zero-order chi connectivity index (χ0) is 42.5. The lowest BCUT2D eigenvalue weighted by Crippen LogP contribution is -2.60. The molecule has 1 aromatic heterocycles. The molecule has 0 saturated heterocycles. The fourth-order valence-corrected chi connectivity index (χ4v) is 11.8. The van der Waals surface area contributed by atoms with Crippen molar-refractivity contribution in [2.75, 3.05) is 9.80 Å². The van der Waals surface area contributed by atoms with E-state index in [9.17, 15) is 0 Å². The summed E-state index contributed by atoms with van der Waals surface area (Å²) in [5.74, 6) is 0.